The highest BCUT2D eigenvalue weighted by Gasteiger charge is 2.46. The Hall–Kier alpha value is -1.87. The predicted molar refractivity (Wildman–Crippen MR) is 220 cm³/mol. The zero-order valence-corrected chi connectivity index (χ0v) is 35.6. The average Bonchev–Trinajstić information content (AvgIpc) is 3.16. The molecular weight excluding hydrogens is 741 g/mol. The van der Waals surface area contributed by atoms with Crippen molar-refractivity contribution in [3.05, 3.63) is 24.3 Å². The first-order chi connectivity index (χ1) is 27.0. The standard InChI is InChI=1S/C43H78O12S/c1-3-5-7-9-11-13-15-17-19-21-23-25-27-29-31-38(44)52-33-36(34-53-43-42(48)41(47)40(46)37(55-43)35-56(49,50)51)54-39(45)32-30-28-26-24-22-20-18-16-14-12-10-8-6-4-2/h15-18,36-37,40-43,46-48H,3-14,19-35H2,1-2H3,(H,49,50,51)/b17-15+,18-16+/t36-,37-,40-,41?,42?,43+/m1/s1. The topological polar surface area (TPSA) is 186 Å². The van der Waals surface area contributed by atoms with Crippen LogP contribution in [0.25, 0.3) is 0 Å². The summed E-state index contributed by atoms with van der Waals surface area (Å²) < 4.78 is 54.0. The number of hydrogen-bond acceptors (Lipinski definition) is 11. The minimum absolute atomic E-state index is 0.154. The number of carbonyl (C=O) groups is 2. The summed E-state index contributed by atoms with van der Waals surface area (Å²) in [6.45, 7) is 3.72. The summed E-state index contributed by atoms with van der Waals surface area (Å²) >= 11 is 0. The van der Waals surface area contributed by atoms with E-state index in [1.807, 2.05) is 0 Å². The highest BCUT2D eigenvalue weighted by molar-refractivity contribution is 7.85. The first kappa shape index (κ1) is 52.1. The Bertz CT molecular complexity index is 1140. The van der Waals surface area contributed by atoms with Gasteiger partial charge in [-0.05, 0) is 64.2 Å². The number of ether oxygens (including phenoxy) is 4. The quantitative estimate of drug-likeness (QED) is 0.0205. The maximum atomic E-state index is 12.8. The van der Waals surface area contributed by atoms with Crippen molar-refractivity contribution in [1.29, 1.82) is 0 Å². The number of unbranched alkanes of at least 4 members (excludes halogenated alkanes) is 20. The van der Waals surface area contributed by atoms with Gasteiger partial charge in [0.15, 0.2) is 12.4 Å². The first-order valence-corrected chi connectivity index (χ1v) is 23.5. The highest BCUT2D eigenvalue weighted by atomic mass is 32.2. The van der Waals surface area contributed by atoms with Crippen LogP contribution in [0.3, 0.4) is 0 Å². The van der Waals surface area contributed by atoms with Crippen molar-refractivity contribution in [3.8, 4) is 0 Å². The number of allylic oxidation sites excluding steroid dienone is 4. The maximum Gasteiger partial charge on any atom is 0.306 e. The van der Waals surface area contributed by atoms with Crippen LogP contribution in [-0.2, 0) is 38.7 Å². The summed E-state index contributed by atoms with van der Waals surface area (Å²) in [4.78, 5) is 25.3. The van der Waals surface area contributed by atoms with Crippen LogP contribution >= 0.6 is 0 Å². The molecule has 6 atom stereocenters. The van der Waals surface area contributed by atoms with Crippen molar-refractivity contribution in [3.63, 3.8) is 0 Å². The lowest BCUT2D eigenvalue weighted by Crippen LogP contribution is -2.60. The van der Waals surface area contributed by atoms with Crippen LogP contribution in [-0.4, -0.2) is 96.0 Å². The molecule has 56 heavy (non-hydrogen) atoms. The van der Waals surface area contributed by atoms with Crippen molar-refractivity contribution in [2.24, 2.45) is 0 Å². The fourth-order valence-corrected chi connectivity index (χ4v) is 7.24. The molecule has 1 heterocycles. The van der Waals surface area contributed by atoms with Gasteiger partial charge < -0.3 is 34.3 Å². The van der Waals surface area contributed by atoms with Crippen LogP contribution < -0.4 is 0 Å². The molecule has 1 aliphatic heterocycles. The van der Waals surface area contributed by atoms with E-state index in [1.165, 1.54) is 64.2 Å². The van der Waals surface area contributed by atoms with Crippen LogP contribution in [0.2, 0.25) is 0 Å². The van der Waals surface area contributed by atoms with Crippen molar-refractivity contribution in [2.75, 3.05) is 19.0 Å². The van der Waals surface area contributed by atoms with E-state index < -0.39 is 71.2 Å². The second-order valence-corrected chi connectivity index (χ2v) is 16.9. The molecule has 0 aromatic carbocycles. The van der Waals surface area contributed by atoms with Crippen molar-refractivity contribution < 1.29 is 56.8 Å². The molecule has 1 rings (SSSR count). The SMILES string of the molecule is CCCCCCC/C=C/CCCCCCCC(=O)OC[C@H](CO[C@H]1O[C@H](CS(=O)(=O)O)[C@@H](O)C(O)C1O)OC(=O)CCCCCCC/C=C/CCCCCCC. The summed E-state index contributed by atoms with van der Waals surface area (Å²) in [6.07, 6.45) is 26.5. The second kappa shape index (κ2) is 34.0. The largest absolute Gasteiger partial charge is 0.462 e. The Labute approximate surface area is 338 Å². The second-order valence-electron chi connectivity index (χ2n) is 15.4. The molecule has 0 aliphatic carbocycles. The fourth-order valence-electron chi connectivity index (χ4n) is 6.55. The van der Waals surface area contributed by atoms with Gasteiger partial charge in [0.25, 0.3) is 10.1 Å². The summed E-state index contributed by atoms with van der Waals surface area (Å²) in [5, 5.41) is 30.8. The van der Waals surface area contributed by atoms with E-state index in [1.54, 1.807) is 0 Å². The number of rotatable bonds is 36. The molecule has 1 saturated heterocycles. The third-order valence-corrected chi connectivity index (χ3v) is 10.8. The van der Waals surface area contributed by atoms with E-state index in [9.17, 15) is 37.9 Å². The van der Waals surface area contributed by atoms with Crippen LogP contribution in [0.1, 0.15) is 181 Å². The fraction of sp³-hybridized carbons (Fsp3) is 0.860. The zero-order chi connectivity index (χ0) is 41.3. The van der Waals surface area contributed by atoms with Crippen LogP contribution in [0.5, 0.6) is 0 Å². The number of aliphatic hydroxyl groups excluding tert-OH is 3. The third kappa shape index (κ3) is 28.5. The van der Waals surface area contributed by atoms with Crippen molar-refractivity contribution in [1.82, 2.24) is 0 Å². The maximum absolute atomic E-state index is 12.8. The van der Waals surface area contributed by atoms with Gasteiger partial charge in [0, 0.05) is 12.8 Å². The minimum atomic E-state index is -4.60. The summed E-state index contributed by atoms with van der Waals surface area (Å²) in [7, 11) is -4.60. The van der Waals surface area contributed by atoms with E-state index in [2.05, 4.69) is 38.2 Å². The van der Waals surface area contributed by atoms with Gasteiger partial charge in [0.1, 0.15) is 36.8 Å². The number of aliphatic hydroxyl groups is 3. The molecule has 4 N–H and O–H groups in total. The first-order valence-electron chi connectivity index (χ1n) is 21.9. The molecule has 0 saturated carbocycles. The molecule has 0 aromatic heterocycles. The molecule has 0 spiro atoms. The molecule has 2 unspecified atom stereocenters. The third-order valence-electron chi connectivity index (χ3n) is 10.0. The van der Waals surface area contributed by atoms with E-state index in [-0.39, 0.29) is 19.4 Å². The molecule has 328 valence electrons. The van der Waals surface area contributed by atoms with E-state index in [0.717, 1.165) is 77.0 Å². The van der Waals surface area contributed by atoms with Gasteiger partial charge in [-0.1, -0.05) is 128 Å². The molecule has 0 radical (unpaired) electrons. The van der Waals surface area contributed by atoms with Gasteiger partial charge in [0.2, 0.25) is 0 Å². The zero-order valence-electron chi connectivity index (χ0n) is 34.7. The molecule has 1 fully saturated rings. The average molecular weight is 819 g/mol. The molecule has 12 nitrogen and oxygen atoms in total. The van der Waals surface area contributed by atoms with Crippen LogP contribution in [0.4, 0.5) is 0 Å². The molecule has 13 heteroatoms. The normalized spacial score (nSPS) is 20.9. The monoisotopic (exact) mass is 819 g/mol. The summed E-state index contributed by atoms with van der Waals surface area (Å²) in [5.74, 6) is -2.00. The number of hydrogen-bond donors (Lipinski definition) is 4. The lowest BCUT2D eigenvalue weighted by molar-refractivity contribution is -0.297. The van der Waals surface area contributed by atoms with Gasteiger partial charge in [-0.3, -0.25) is 14.1 Å². The lowest BCUT2D eigenvalue weighted by atomic mass is 10.00. The molecule has 1 aliphatic rings. The van der Waals surface area contributed by atoms with E-state index in [0.29, 0.717) is 12.8 Å². The molecular formula is C43H78O12S. The molecule has 0 amide bonds. The Balaban J connectivity index is 2.48. The predicted octanol–water partition coefficient (Wildman–Crippen LogP) is 8.45. The lowest BCUT2D eigenvalue weighted by Gasteiger charge is -2.40. The van der Waals surface area contributed by atoms with Crippen molar-refractivity contribution >= 4 is 22.1 Å². The smallest absolute Gasteiger partial charge is 0.306 e. The van der Waals surface area contributed by atoms with E-state index in [4.69, 9.17) is 18.9 Å². The minimum Gasteiger partial charge on any atom is -0.462 e. The Kier molecular flexibility index (Phi) is 31.7. The molecule has 0 bridgehead atoms. The number of carbonyl (C=O) groups excluding carboxylic acids is 2. The van der Waals surface area contributed by atoms with Crippen LogP contribution in [0.15, 0.2) is 24.3 Å². The van der Waals surface area contributed by atoms with Gasteiger partial charge in [-0.2, -0.15) is 8.42 Å². The Morgan fingerprint density at radius 2 is 1.02 bits per heavy atom. The number of esters is 2. The Morgan fingerprint density at radius 1 is 0.589 bits per heavy atom. The van der Waals surface area contributed by atoms with Gasteiger partial charge in [-0.25, -0.2) is 0 Å². The summed E-state index contributed by atoms with van der Waals surface area (Å²) in [6, 6.07) is 0. The van der Waals surface area contributed by atoms with Crippen molar-refractivity contribution in [2.45, 2.75) is 218 Å². The van der Waals surface area contributed by atoms with Gasteiger partial charge >= 0.3 is 11.9 Å². The van der Waals surface area contributed by atoms with E-state index >= 15 is 0 Å². The molecule has 0 aromatic rings. The highest BCUT2D eigenvalue weighted by Crippen LogP contribution is 2.24. The van der Waals surface area contributed by atoms with Crippen LogP contribution in [0, 0.1) is 0 Å². The van der Waals surface area contributed by atoms with Gasteiger partial charge in [0.05, 0.1) is 6.61 Å². The Morgan fingerprint density at radius 3 is 1.48 bits per heavy atom. The van der Waals surface area contributed by atoms with Gasteiger partial charge in [-0.15, -0.1) is 0 Å². The summed E-state index contributed by atoms with van der Waals surface area (Å²) in [5.41, 5.74) is 0.